The molecule has 0 aromatic carbocycles. The van der Waals surface area contributed by atoms with Crippen LogP contribution in [0.3, 0.4) is 0 Å². The van der Waals surface area contributed by atoms with Crippen LogP contribution in [0.5, 0.6) is 0 Å². The Morgan fingerprint density at radius 2 is 1.83 bits per heavy atom. The Bertz CT molecular complexity index is 283. The summed E-state index contributed by atoms with van der Waals surface area (Å²) in [6, 6.07) is 0. The number of likely N-dealkylation sites (tertiary alicyclic amines) is 1. The highest BCUT2D eigenvalue weighted by Gasteiger charge is 2.16. The van der Waals surface area contributed by atoms with E-state index in [4.69, 9.17) is 20.1 Å². The third kappa shape index (κ3) is 9.40. The minimum absolute atomic E-state index is 0.244. The van der Waals surface area contributed by atoms with Crippen LogP contribution in [0.25, 0.3) is 0 Å². The van der Waals surface area contributed by atoms with E-state index in [1.54, 1.807) is 0 Å². The zero-order valence-electron chi connectivity index (χ0n) is 10.0. The normalized spacial score (nSPS) is 16.2. The summed E-state index contributed by atoms with van der Waals surface area (Å²) in [7, 11) is 0. The Kier molecular flexibility index (Phi) is 8.29. The molecular weight excluding hydrogens is 242 g/mol. The van der Waals surface area contributed by atoms with Crippen LogP contribution >= 0.6 is 0 Å². The lowest BCUT2D eigenvalue weighted by atomic mass is 9.94. The number of rotatable bonds is 3. The number of aliphatic hydroxyl groups excluding tert-OH is 1. The molecule has 18 heavy (non-hydrogen) atoms. The SMILES string of the molecule is NC(=O)O.O=C(O)N=CN1CCC(CCO)CC1. The van der Waals surface area contributed by atoms with Crippen LogP contribution in [0.2, 0.25) is 0 Å². The number of hydrogen-bond donors (Lipinski definition) is 4. The first-order valence-electron chi connectivity index (χ1n) is 5.56. The molecule has 1 saturated heterocycles. The standard InChI is InChI=1S/C9H16N2O3.CH3NO2/c12-6-3-8-1-4-11(5-2-8)7-10-9(13)14;2-1(3)4/h7-8,12H,1-6H2,(H,13,14);2H2,(H,3,4). The third-order valence-corrected chi connectivity index (χ3v) is 2.52. The van der Waals surface area contributed by atoms with Crippen molar-refractivity contribution in [3.8, 4) is 0 Å². The topological polar surface area (TPSA) is 136 Å². The quantitative estimate of drug-likeness (QED) is 0.429. The number of nitrogens with two attached hydrogens (primary N) is 1. The highest BCUT2D eigenvalue weighted by Crippen LogP contribution is 2.18. The number of carboxylic acid groups (broad SMARTS) is 2. The molecule has 0 radical (unpaired) electrons. The van der Waals surface area contributed by atoms with Crippen LogP contribution in [0, 0.1) is 5.92 Å². The molecule has 1 heterocycles. The van der Waals surface area contributed by atoms with Gasteiger partial charge in [-0.15, -0.1) is 0 Å². The van der Waals surface area contributed by atoms with Gasteiger partial charge >= 0.3 is 12.2 Å². The second kappa shape index (κ2) is 9.23. The molecule has 0 saturated carbocycles. The highest BCUT2D eigenvalue weighted by molar-refractivity contribution is 5.76. The number of carbonyl (C=O) groups is 2. The van der Waals surface area contributed by atoms with Gasteiger partial charge in [0.15, 0.2) is 0 Å². The summed E-state index contributed by atoms with van der Waals surface area (Å²) in [6.45, 7) is 1.91. The fraction of sp³-hybridized carbons (Fsp3) is 0.700. The van der Waals surface area contributed by atoms with Crippen molar-refractivity contribution in [3.05, 3.63) is 0 Å². The molecule has 0 aliphatic carbocycles. The molecule has 0 bridgehead atoms. The second-order valence-electron chi connectivity index (χ2n) is 3.86. The van der Waals surface area contributed by atoms with Gasteiger partial charge in [-0.3, -0.25) is 0 Å². The molecule has 0 aromatic heterocycles. The third-order valence-electron chi connectivity index (χ3n) is 2.52. The number of primary amides is 1. The van der Waals surface area contributed by atoms with Crippen molar-refractivity contribution >= 4 is 18.5 Å². The lowest BCUT2D eigenvalue weighted by Gasteiger charge is -2.29. The smallest absolute Gasteiger partial charge is 0.432 e. The maximum Gasteiger partial charge on any atom is 0.432 e. The number of aliphatic hydroxyl groups is 1. The molecule has 8 heteroatoms. The minimum atomic E-state index is -1.33. The maximum absolute atomic E-state index is 10.2. The molecule has 0 aromatic rings. The van der Waals surface area contributed by atoms with Crippen molar-refractivity contribution < 1.29 is 24.9 Å². The van der Waals surface area contributed by atoms with E-state index < -0.39 is 12.2 Å². The highest BCUT2D eigenvalue weighted by atomic mass is 16.4. The minimum Gasteiger partial charge on any atom is -0.465 e. The Morgan fingerprint density at radius 3 is 2.22 bits per heavy atom. The molecule has 1 fully saturated rings. The summed E-state index contributed by atoms with van der Waals surface area (Å²) in [5, 5.41) is 24.3. The van der Waals surface area contributed by atoms with Gasteiger partial charge in [0.25, 0.3) is 0 Å². The number of nitrogens with zero attached hydrogens (tertiary/aromatic N) is 2. The zero-order valence-corrected chi connectivity index (χ0v) is 10.0. The Labute approximate surface area is 105 Å². The number of piperidine rings is 1. The summed E-state index contributed by atoms with van der Waals surface area (Å²) < 4.78 is 0. The van der Waals surface area contributed by atoms with Gasteiger partial charge in [-0.05, 0) is 25.2 Å². The van der Waals surface area contributed by atoms with E-state index in [1.165, 1.54) is 6.34 Å². The predicted molar refractivity (Wildman–Crippen MR) is 64.7 cm³/mol. The molecule has 5 N–H and O–H groups in total. The van der Waals surface area contributed by atoms with E-state index in [-0.39, 0.29) is 6.61 Å². The summed E-state index contributed by atoms with van der Waals surface area (Å²) in [4.78, 5) is 24.1. The van der Waals surface area contributed by atoms with Crippen LogP contribution in [0.1, 0.15) is 19.3 Å². The monoisotopic (exact) mass is 261 g/mol. The molecule has 0 unspecified atom stereocenters. The van der Waals surface area contributed by atoms with E-state index in [9.17, 15) is 4.79 Å². The van der Waals surface area contributed by atoms with Crippen molar-refractivity contribution in [1.29, 1.82) is 0 Å². The van der Waals surface area contributed by atoms with E-state index in [1.807, 2.05) is 4.90 Å². The molecule has 0 spiro atoms. The summed E-state index contributed by atoms with van der Waals surface area (Å²) in [5.41, 5.74) is 4.03. The van der Waals surface area contributed by atoms with Crippen LogP contribution in [0.15, 0.2) is 4.99 Å². The first kappa shape index (κ1) is 16.2. The van der Waals surface area contributed by atoms with Crippen molar-refractivity contribution in [2.24, 2.45) is 16.6 Å². The van der Waals surface area contributed by atoms with Crippen molar-refractivity contribution in [1.82, 2.24) is 4.90 Å². The lowest BCUT2D eigenvalue weighted by Crippen LogP contribution is -2.33. The summed E-state index contributed by atoms with van der Waals surface area (Å²) in [6.07, 6.45) is 1.77. The molecule has 1 rings (SSSR count). The van der Waals surface area contributed by atoms with E-state index in [0.717, 1.165) is 32.4 Å². The molecule has 2 amide bonds. The van der Waals surface area contributed by atoms with Crippen molar-refractivity contribution in [2.75, 3.05) is 19.7 Å². The number of aliphatic imine (C=N–C) groups is 1. The Hall–Kier alpha value is -1.83. The van der Waals surface area contributed by atoms with Crippen molar-refractivity contribution in [3.63, 3.8) is 0 Å². The van der Waals surface area contributed by atoms with Gasteiger partial charge in [0.2, 0.25) is 0 Å². The van der Waals surface area contributed by atoms with Crippen LogP contribution in [-0.4, -0.2) is 58.4 Å². The molecule has 1 aliphatic rings. The van der Waals surface area contributed by atoms with E-state index in [2.05, 4.69) is 10.7 Å². The molecule has 104 valence electrons. The van der Waals surface area contributed by atoms with Gasteiger partial charge in [0.1, 0.15) is 0 Å². The Balaban J connectivity index is 0.000000631. The fourth-order valence-electron chi connectivity index (χ4n) is 1.67. The van der Waals surface area contributed by atoms with Gasteiger partial charge in [-0.1, -0.05) is 0 Å². The van der Waals surface area contributed by atoms with Gasteiger partial charge in [-0.2, -0.15) is 4.99 Å². The van der Waals surface area contributed by atoms with E-state index >= 15 is 0 Å². The number of hydrogen-bond acceptors (Lipinski definition) is 3. The largest absolute Gasteiger partial charge is 0.465 e. The molecule has 8 nitrogen and oxygen atoms in total. The van der Waals surface area contributed by atoms with Gasteiger partial charge in [0.05, 0.1) is 6.34 Å². The van der Waals surface area contributed by atoms with Crippen LogP contribution < -0.4 is 5.73 Å². The summed E-state index contributed by atoms with van der Waals surface area (Å²) >= 11 is 0. The second-order valence-corrected chi connectivity index (χ2v) is 3.86. The number of amides is 2. The Morgan fingerprint density at radius 1 is 1.33 bits per heavy atom. The predicted octanol–water partition coefficient (Wildman–Crippen LogP) is 0.410. The summed E-state index contributed by atoms with van der Waals surface area (Å²) in [5.74, 6) is 0.578. The van der Waals surface area contributed by atoms with Crippen molar-refractivity contribution in [2.45, 2.75) is 19.3 Å². The first-order chi connectivity index (χ1) is 8.45. The molecular formula is C10H19N3O5. The van der Waals surface area contributed by atoms with Gasteiger partial charge in [-0.25, -0.2) is 9.59 Å². The average molecular weight is 261 g/mol. The lowest BCUT2D eigenvalue weighted by molar-refractivity contribution is 0.200. The molecule has 1 aliphatic heterocycles. The van der Waals surface area contributed by atoms with Crippen LogP contribution in [0.4, 0.5) is 9.59 Å². The molecule has 0 atom stereocenters. The van der Waals surface area contributed by atoms with Crippen LogP contribution in [-0.2, 0) is 0 Å². The first-order valence-corrected chi connectivity index (χ1v) is 5.56. The van der Waals surface area contributed by atoms with E-state index in [0.29, 0.717) is 5.92 Å². The zero-order chi connectivity index (χ0) is 14.0. The average Bonchev–Trinajstić information content (AvgIpc) is 2.28. The van der Waals surface area contributed by atoms with Gasteiger partial charge in [0, 0.05) is 19.7 Å². The maximum atomic E-state index is 10.2. The van der Waals surface area contributed by atoms with Gasteiger partial charge < -0.3 is 26.0 Å². The fourth-order valence-corrected chi connectivity index (χ4v) is 1.67.